The Morgan fingerprint density at radius 2 is 1.94 bits per heavy atom. The van der Waals surface area contributed by atoms with E-state index >= 15 is 0 Å². The van der Waals surface area contributed by atoms with Crippen molar-refractivity contribution in [2.24, 2.45) is 11.3 Å². The van der Waals surface area contributed by atoms with E-state index in [0.717, 1.165) is 52.8 Å². The van der Waals surface area contributed by atoms with Gasteiger partial charge in [0.25, 0.3) is 0 Å². The zero-order valence-corrected chi connectivity index (χ0v) is 18.3. The van der Waals surface area contributed by atoms with Crippen LogP contribution in [-0.2, 0) is 24.2 Å². The highest BCUT2D eigenvalue weighted by atomic mass is 16.5. The number of nitrogens with zero attached hydrogens (tertiary/aromatic N) is 3. The number of hydrogen-bond acceptors (Lipinski definition) is 4. The molecule has 3 heterocycles. The molecule has 4 aromatic rings. The summed E-state index contributed by atoms with van der Waals surface area (Å²) in [5, 5.41) is 0.871. The number of carbonyl (C=O) groups excluding carboxylic acids is 1. The maximum atomic E-state index is 13.4. The Bertz CT molecular complexity index is 1250. The summed E-state index contributed by atoms with van der Waals surface area (Å²) in [5.41, 5.74) is 5.39. The average molecular weight is 414 g/mol. The lowest BCUT2D eigenvalue weighted by molar-refractivity contribution is 0.0467. The monoisotopic (exact) mass is 413 g/mol. The van der Waals surface area contributed by atoms with Crippen molar-refractivity contribution in [3.05, 3.63) is 77.4 Å². The fraction of sp³-hybridized carbons (Fsp3) is 0.346. The number of hydrogen-bond donors (Lipinski definition) is 0. The molecule has 158 valence electrons. The number of ether oxygens (including phenoxy) is 1. The summed E-state index contributed by atoms with van der Waals surface area (Å²) in [6.45, 7) is 6.98. The van der Waals surface area contributed by atoms with Crippen LogP contribution in [0.2, 0.25) is 0 Å². The first-order valence-electron chi connectivity index (χ1n) is 10.9. The zero-order chi connectivity index (χ0) is 21.6. The number of benzene rings is 1. The Morgan fingerprint density at radius 3 is 2.74 bits per heavy atom. The summed E-state index contributed by atoms with van der Waals surface area (Å²) >= 11 is 0. The van der Waals surface area contributed by atoms with Crippen molar-refractivity contribution < 1.29 is 9.53 Å². The fourth-order valence-corrected chi connectivity index (χ4v) is 4.63. The molecule has 0 N–H and O–H groups in total. The molecule has 1 atom stereocenters. The molecule has 0 aliphatic heterocycles. The van der Waals surface area contributed by atoms with Gasteiger partial charge in [0, 0.05) is 23.5 Å². The molecule has 0 saturated heterocycles. The minimum Gasteiger partial charge on any atom is -0.455 e. The van der Waals surface area contributed by atoms with Crippen molar-refractivity contribution in [1.82, 2.24) is 14.4 Å². The lowest BCUT2D eigenvalue weighted by Gasteiger charge is -2.35. The van der Waals surface area contributed by atoms with Gasteiger partial charge in [0.15, 0.2) is 0 Å². The van der Waals surface area contributed by atoms with Crippen LogP contribution in [0.1, 0.15) is 54.5 Å². The fourth-order valence-electron chi connectivity index (χ4n) is 4.63. The molecule has 0 amide bonds. The SMILES string of the molecule is CC(C)(C)[C@H]1CCc2nc3ccccc3c(C(=O)OCc3cn4ccccc4n3)c2C1. The van der Waals surface area contributed by atoms with Crippen LogP contribution in [0.5, 0.6) is 0 Å². The Morgan fingerprint density at radius 1 is 1.13 bits per heavy atom. The molecule has 1 aliphatic rings. The second kappa shape index (κ2) is 7.49. The third-order valence-electron chi connectivity index (χ3n) is 6.45. The van der Waals surface area contributed by atoms with E-state index in [1.807, 2.05) is 59.3 Å². The van der Waals surface area contributed by atoms with Gasteiger partial charge in [0.2, 0.25) is 0 Å². The van der Waals surface area contributed by atoms with E-state index in [9.17, 15) is 4.79 Å². The molecule has 5 rings (SSSR count). The summed E-state index contributed by atoms with van der Waals surface area (Å²) in [7, 11) is 0. The Labute approximate surface area is 182 Å². The van der Waals surface area contributed by atoms with Crippen molar-refractivity contribution >= 4 is 22.5 Å². The quantitative estimate of drug-likeness (QED) is 0.423. The standard InChI is InChI=1S/C26H27N3O2/c1-26(2,3)17-11-12-22-20(14-17)24(19-8-4-5-9-21(19)28-22)25(30)31-16-18-15-29-13-7-6-10-23(29)27-18/h4-10,13,15,17H,11-12,14,16H2,1-3H3/t17-/m0/s1. The molecule has 1 aromatic carbocycles. The number of imidazole rings is 1. The molecule has 0 unspecified atom stereocenters. The summed E-state index contributed by atoms with van der Waals surface area (Å²) in [5.74, 6) is 0.217. The maximum absolute atomic E-state index is 13.4. The van der Waals surface area contributed by atoms with Crippen molar-refractivity contribution in [3.8, 4) is 0 Å². The van der Waals surface area contributed by atoms with E-state index in [4.69, 9.17) is 9.72 Å². The van der Waals surface area contributed by atoms with Gasteiger partial charge >= 0.3 is 5.97 Å². The first-order valence-corrected chi connectivity index (χ1v) is 10.9. The first kappa shape index (κ1) is 19.7. The largest absolute Gasteiger partial charge is 0.455 e. The van der Waals surface area contributed by atoms with Crippen LogP contribution in [0.3, 0.4) is 0 Å². The van der Waals surface area contributed by atoms with Gasteiger partial charge in [-0.1, -0.05) is 45.0 Å². The number of rotatable bonds is 3. The predicted molar refractivity (Wildman–Crippen MR) is 121 cm³/mol. The first-order chi connectivity index (χ1) is 14.9. The molecule has 5 heteroatoms. The second-order valence-electron chi connectivity index (χ2n) is 9.51. The zero-order valence-electron chi connectivity index (χ0n) is 18.3. The van der Waals surface area contributed by atoms with Gasteiger partial charge in [-0.15, -0.1) is 0 Å². The molecule has 1 aliphatic carbocycles. The minimum atomic E-state index is -0.290. The Balaban J connectivity index is 1.50. The molecular formula is C26H27N3O2. The number of fused-ring (bicyclic) bond motifs is 3. The minimum absolute atomic E-state index is 0.147. The highest BCUT2D eigenvalue weighted by Crippen LogP contribution is 2.39. The third kappa shape index (κ3) is 3.69. The molecule has 0 radical (unpaired) electrons. The van der Waals surface area contributed by atoms with Crippen molar-refractivity contribution in [2.45, 2.75) is 46.6 Å². The molecule has 31 heavy (non-hydrogen) atoms. The maximum Gasteiger partial charge on any atom is 0.339 e. The number of aryl methyl sites for hydroxylation is 1. The lowest BCUT2D eigenvalue weighted by Crippen LogP contribution is -2.29. The van der Waals surface area contributed by atoms with Crippen LogP contribution in [0.4, 0.5) is 0 Å². The van der Waals surface area contributed by atoms with Gasteiger partial charge in [-0.2, -0.15) is 0 Å². The van der Waals surface area contributed by atoms with Crippen LogP contribution in [0.25, 0.3) is 16.6 Å². The van der Waals surface area contributed by atoms with Crippen LogP contribution in [-0.4, -0.2) is 20.3 Å². The van der Waals surface area contributed by atoms with Crippen LogP contribution in [0.15, 0.2) is 54.9 Å². The van der Waals surface area contributed by atoms with Crippen LogP contribution < -0.4 is 0 Å². The topological polar surface area (TPSA) is 56.5 Å². The van der Waals surface area contributed by atoms with E-state index in [1.165, 1.54) is 0 Å². The van der Waals surface area contributed by atoms with Gasteiger partial charge in [-0.05, 0) is 54.4 Å². The number of pyridine rings is 2. The summed E-state index contributed by atoms with van der Waals surface area (Å²) in [6.07, 6.45) is 6.69. The average Bonchev–Trinajstić information content (AvgIpc) is 3.18. The summed E-state index contributed by atoms with van der Waals surface area (Å²) in [4.78, 5) is 22.8. The Kier molecular flexibility index (Phi) is 4.77. The highest BCUT2D eigenvalue weighted by Gasteiger charge is 2.33. The van der Waals surface area contributed by atoms with Crippen molar-refractivity contribution in [3.63, 3.8) is 0 Å². The number of esters is 1. The normalized spacial score (nSPS) is 16.4. The molecule has 0 fully saturated rings. The van der Waals surface area contributed by atoms with E-state index in [-0.39, 0.29) is 18.0 Å². The molecular weight excluding hydrogens is 386 g/mol. The van der Waals surface area contributed by atoms with Gasteiger partial charge in [-0.3, -0.25) is 4.98 Å². The Hall–Kier alpha value is -3.21. The smallest absolute Gasteiger partial charge is 0.339 e. The van der Waals surface area contributed by atoms with Gasteiger partial charge in [0.1, 0.15) is 12.3 Å². The van der Waals surface area contributed by atoms with Gasteiger partial charge in [-0.25, -0.2) is 9.78 Å². The van der Waals surface area contributed by atoms with E-state index in [2.05, 4.69) is 25.8 Å². The molecule has 5 nitrogen and oxygen atoms in total. The summed E-state index contributed by atoms with van der Waals surface area (Å²) in [6, 6.07) is 13.7. The second-order valence-corrected chi connectivity index (χ2v) is 9.51. The highest BCUT2D eigenvalue weighted by molar-refractivity contribution is 6.05. The van der Waals surface area contributed by atoms with Crippen molar-refractivity contribution in [2.75, 3.05) is 0 Å². The van der Waals surface area contributed by atoms with Crippen LogP contribution >= 0.6 is 0 Å². The summed E-state index contributed by atoms with van der Waals surface area (Å²) < 4.78 is 7.73. The third-order valence-corrected chi connectivity index (χ3v) is 6.45. The molecule has 3 aromatic heterocycles. The van der Waals surface area contributed by atoms with Gasteiger partial charge in [0.05, 0.1) is 16.8 Å². The van der Waals surface area contributed by atoms with E-state index in [1.54, 1.807) is 0 Å². The number of carbonyl (C=O) groups is 1. The van der Waals surface area contributed by atoms with Crippen LogP contribution in [0, 0.1) is 11.3 Å². The number of aromatic nitrogens is 3. The number of para-hydroxylation sites is 1. The van der Waals surface area contributed by atoms with Crippen molar-refractivity contribution in [1.29, 1.82) is 0 Å². The molecule has 0 saturated carbocycles. The van der Waals surface area contributed by atoms with E-state index in [0.29, 0.717) is 11.5 Å². The lowest BCUT2D eigenvalue weighted by atomic mass is 9.70. The van der Waals surface area contributed by atoms with E-state index < -0.39 is 0 Å². The molecule has 0 spiro atoms. The molecule has 0 bridgehead atoms. The predicted octanol–water partition coefficient (Wildman–Crippen LogP) is 5.39. The van der Waals surface area contributed by atoms with Gasteiger partial charge < -0.3 is 9.14 Å².